The molecule has 0 saturated heterocycles. The van der Waals surface area contributed by atoms with Gasteiger partial charge in [0.15, 0.2) is 11.4 Å². The van der Waals surface area contributed by atoms with Crippen LogP contribution in [0.3, 0.4) is 0 Å². The summed E-state index contributed by atoms with van der Waals surface area (Å²) in [6, 6.07) is 30.0. The zero-order valence-corrected chi connectivity index (χ0v) is 26.2. The van der Waals surface area contributed by atoms with Gasteiger partial charge in [0, 0.05) is 11.1 Å². The molecule has 10 heteroatoms. The Morgan fingerprint density at radius 2 is 1.11 bits per heavy atom. The van der Waals surface area contributed by atoms with Crippen LogP contribution in [0.1, 0.15) is 33.4 Å². The van der Waals surface area contributed by atoms with Gasteiger partial charge >= 0.3 is 0 Å². The number of halogens is 2. The van der Waals surface area contributed by atoms with Gasteiger partial charge in [-0.05, 0) is 60.4 Å². The van der Waals surface area contributed by atoms with Gasteiger partial charge in [0.2, 0.25) is 0 Å². The van der Waals surface area contributed by atoms with Crippen LogP contribution in [0.2, 0.25) is 10.0 Å². The van der Waals surface area contributed by atoms with E-state index in [1.807, 2.05) is 92.7 Å². The average Bonchev–Trinajstić information content (AvgIpc) is 3.03. The average molecular weight is 630 g/mol. The number of hydrogen-bond acceptors (Lipinski definition) is 8. The number of benzene rings is 4. The summed E-state index contributed by atoms with van der Waals surface area (Å²) in [7, 11) is 2.81. The van der Waals surface area contributed by atoms with Crippen molar-refractivity contribution in [2.75, 3.05) is 14.2 Å². The molecule has 0 saturated carbocycles. The lowest BCUT2D eigenvalue weighted by Crippen LogP contribution is -2.06. The standard InChI is InChI=1S/2C17H15ClN2O2/c1-12-7-8-17(15(18)9-12)22-11-13-5-3-4-6-14(13)16(10-19)20-21-2;1-12-7-8-15(18)17(9-12)22-11-13-5-3-4-6-14(13)16(10-19)20-21-2/h2*3-9H,11H2,1-2H3. The Labute approximate surface area is 267 Å². The summed E-state index contributed by atoms with van der Waals surface area (Å²) in [5.74, 6) is 1.21. The Hall–Kier alpha value is -5.02. The number of rotatable bonds is 10. The fourth-order valence-electron chi connectivity index (χ4n) is 3.95. The molecule has 8 nitrogen and oxygen atoms in total. The molecule has 224 valence electrons. The van der Waals surface area contributed by atoms with Crippen molar-refractivity contribution < 1.29 is 19.1 Å². The van der Waals surface area contributed by atoms with Crippen molar-refractivity contribution in [1.82, 2.24) is 0 Å². The Bertz CT molecular complexity index is 1730. The highest BCUT2D eigenvalue weighted by Gasteiger charge is 2.12. The molecule has 4 aromatic rings. The van der Waals surface area contributed by atoms with Crippen LogP contribution in [-0.2, 0) is 22.9 Å². The van der Waals surface area contributed by atoms with Crippen molar-refractivity contribution in [2.24, 2.45) is 10.3 Å². The second-order valence-electron chi connectivity index (χ2n) is 9.23. The number of ether oxygens (including phenoxy) is 2. The van der Waals surface area contributed by atoms with Crippen molar-refractivity contribution in [2.45, 2.75) is 27.1 Å². The van der Waals surface area contributed by atoms with Crippen molar-refractivity contribution in [3.63, 3.8) is 0 Å². The quantitative estimate of drug-likeness (QED) is 0.129. The van der Waals surface area contributed by atoms with Gasteiger partial charge in [0.05, 0.1) is 10.0 Å². The number of nitrogens with zero attached hydrogens (tertiary/aromatic N) is 4. The first kappa shape index (κ1) is 33.5. The molecule has 4 rings (SSSR count). The normalized spacial score (nSPS) is 10.9. The molecule has 0 bridgehead atoms. The molecule has 44 heavy (non-hydrogen) atoms. The predicted molar refractivity (Wildman–Crippen MR) is 172 cm³/mol. The summed E-state index contributed by atoms with van der Waals surface area (Å²) in [5.41, 5.74) is 5.55. The second kappa shape index (κ2) is 17.2. The van der Waals surface area contributed by atoms with Gasteiger partial charge in [0.1, 0.15) is 51.1 Å². The topological polar surface area (TPSA) is 109 Å². The summed E-state index contributed by atoms with van der Waals surface area (Å²) in [6.45, 7) is 4.49. The van der Waals surface area contributed by atoms with E-state index in [-0.39, 0.29) is 24.6 Å². The van der Waals surface area contributed by atoms with Crippen LogP contribution < -0.4 is 9.47 Å². The van der Waals surface area contributed by atoms with E-state index in [2.05, 4.69) is 10.3 Å². The summed E-state index contributed by atoms with van der Waals surface area (Å²) < 4.78 is 11.5. The molecule has 0 aliphatic rings. The smallest absolute Gasteiger partial charge is 0.187 e. The molecule has 0 amide bonds. The first-order valence-electron chi connectivity index (χ1n) is 13.3. The largest absolute Gasteiger partial charge is 0.487 e. The van der Waals surface area contributed by atoms with Gasteiger partial charge in [-0.2, -0.15) is 10.5 Å². The minimum Gasteiger partial charge on any atom is -0.487 e. The maximum absolute atomic E-state index is 9.18. The van der Waals surface area contributed by atoms with Crippen LogP contribution in [0.4, 0.5) is 0 Å². The fraction of sp³-hybridized carbons (Fsp3) is 0.176. The summed E-state index contributed by atoms with van der Waals surface area (Å²) in [6.07, 6.45) is 0. The van der Waals surface area contributed by atoms with E-state index >= 15 is 0 Å². The Kier molecular flexibility index (Phi) is 13.1. The van der Waals surface area contributed by atoms with E-state index in [9.17, 15) is 10.5 Å². The number of oxime groups is 2. The molecule has 0 aliphatic heterocycles. The van der Waals surface area contributed by atoms with Crippen LogP contribution in [0.25, 0.3) is 0 Å². The van der Waals surface area contributed by atoms with E-state index < -0.39 is 0 Å². The maximum Gasteiger partial charge on any atom is 0.187 e. The molecule has 0 fully saturated rings. The van der Waals surface area contributed by atoms with Gasteiger partial charge in [0.25, 0.3) is 0 Å². The molecule has 0 atom stereocenters. The predicted octanol–water partition coefficient (Wildman–Crippen LogP) is 8.20. The van der Waals surface area contributed by atoms with Crippen molar-refractivity contribution in [3.05, 3.63) is 128 Å². The fourth-order valence-corrected chi connectivity index (χ4v) is 4.41. The third kappa shape index (κ3) is 9.50. The molecule has 0 spiro atoms. The highest BCUT2D eigenvalue weighted by atomic mass is 35.5. The number of aryl methyl sites for hydroxylation is 2. The molecule has 0 aromatic heterocycles. The third-order valence-electron chi connectivity index (χ3n) is 6.06. The van der Waals surface area contributed by atoms with Gasteiger partial charge in [-0.1, -0.05) is 94.2 Å². The van der Waals surface area contributed by atoms with Crippen molar-refractivity contribution in [1.29, 1.82) is 10.5 Å². The minimum atomic E-state index is 0.205. The van der Waals surface area contributed by atoms with E-state index in [1.54, 1.807) is 18.2 Å². The molecular weight excluding hydrogens is 599 g/mol. The summed E-state index contributed by atoms with van der Waals surface area (Å²) in [4.78, 5) is 9.41. The molecule has 0 aliphatic carbocycles. The maximum atomic E-state index is 9.18. The Morgan fingerprint density at radius 3 is 1.61 bits per heavy atom. The Morgan fingerprint density at radius 1 is 0.636 bits per heavy atom. The SMILES string of the molecule is CON=C(C#N)c1ccccc1COc1cc(C)ccc1Cl.CON=C(C#N)c1ccccc1COc1ccc(C)cc1Cl. The first-order chi connectivity index (χ1) is 21.3. The lowest BCUT2D eigenvalue weighted by molar-refractivity contribution is 0.214. The lowest BCUT2D eigenvalue weighted by atomic mass is 10.0. The molecule has 0 N–H and O–H groups in total. The van der Waals surface area contributed by atoms with Gasteiger partial charge in [-0.25, -0.2) is 0 Å². The number of hydrogen-bond donors (Lipinski definition) is 0. The highest BCUT2D eigenvalue weighted by Crippen LogP contribution is 2.27. The van der Waals surface area contributed by atoms with Crippen LogP contribution in [0.5, 0.6) is 11.5 Å². The zero-order chi connectivity index (χ0) is 31.9. The van der Waals surface area contributed by atoms with E-state index in [0.717, 1.165) is 22.3 Å². The minimum absolute atomic E-state index is 0.205. The highest BCUT2D eigenvalue weighted by molar-refractivity contribution is 6.32. The van der Waals surface area contributed by atoms with E-state index in [1.165, 1.54) is 14.2 Å². The van der Waals surface area contributed by atoms with Crippen molar-refractivity contribution >= 4 is 34.6 Å². The van der Waals surface area contributed by atoms with Crippen LogP contribution >= 0.6 is 23.2 Å². The molecular formula is C34H30Cl2N4O4. The van der Waals surface area contributed by atoms with Crippen molar-refractivity contribution in [3.8, 4) is 23.6 Å². The number of nitriles is 2. The van der Waals surface area contributed by atoms with E-state index in [4.69, 9.17) is 42.4 Å². The third-order valence-corrected chi connectivity index (χ3v) is 6.67. The molecule has 4 aromatic carbocycles. The van der Waals surface area contributed by atoms with E-state index in [0.29, 0.717) is 32.7 Å². The van der Waals surface area contributed by atoms with Gasteiger partial charge in [-0.3, -0.25) is 0 Å². The Balaban J connectivity index is 0.000000240. The molecule has 0 radical (unpaired) electrons. The summed E-state index contributed by atoms with van der Waals surface area (Å²) >= 11 is 12.3. The first-order valence-corrected chi connectivity index (χ1v) is 14.0. The molecule has 0 heterocycles. The monoisotopic (exact) mass is 628 g/mol. The second-order valence-corrected chi connectivity index (χ2v) is 10.0. The van der Waals surface area contributed by atoms with Crippen LogP contribution in [0, 0.1) is 36.5 Å². The molecule has 0 unspecified atom stereocenters. The van der Waals surface area contributed by atoms with Gasteiger partial charge < -0.3 is 19.1 Å². The van der Waals surface area contributed by atoms with Crippen LogP contribution in [-0.4, -0.2) is 25.6 Å². The van der Waals surface area contributed by atoms with Gasteiger partial charge in [-0.15, -0.1) is 0 Å². The summed E-state index contributed by atoms with van der Waals surface area (Å²) in [5, 5.41) is 26.9. The zero-order valence-electron chi connectivity index (χ0n) is 24.7. The lowest BCUT2D eigenvalue weighted by Gasteiger charge is -2.11. The van der Waals surface area contributed by atoms with Crippen LogP contribution in [0.15, 0.2) is 95.2 Å².